The van der Waals surface area contributed by atoms with E-state index in [4.69, 9.17) is 10.3 Å². The van der Waals surface area contributed by atoms with Gasteiger partial charge < -0.3 is 4.74 Å². The standard InChI is InChI=1S/C8H7N3O2/c1-13-8-3-2-6(5-12)4-7(8)10-11-9/h2-5H,1H3. The third-order valence-corrected chi connectivity index (χ3v) is 1.49. The molecule has 0 N–H and O–H groups in total. The number of azide groups is 1. The van der Waals surface area contributed by atoms with Crippen molar-refractivity contribution in [2.24, 2.45) is 5.11 Å². The highest BCUT2D eigenvalue weighted by molar-refractivity contribution is 5.77. The molecule has 13 heavy (non-hydrogen) atoms. The van der Waals surface area contributed by atoms with Crippen molar-refractivity contribution in [3.05, 3.63) is 34.2 Å². The Bertz CT molecular complexity index is 370. The highest BCUT2D eigenvalue weighted by atomic mass is 16.5. The topological polar surface area (TPSA) is 75.1 Å². The van der Waals surface area contributed by atoms with Crippen molar-refractivity contribution in [3.63, 3.8) is 0 Å². The van der Waals surface area contributed by atoms with Crippen LogP contribution in [0, 0.1) is 0 Å². The molecule has 0 saturated carbocycles. The average molecular weight is 177 g/mol. The highest BCUT2D eigenvalue weighted by Crippen LogP contribution is 2.27. The molecule has 0 aromatic heterocycles. The van der Waals surface area contributed by atoms with Crippen LogP contribution in [0.15, 0.2) is 23.3 Å². The maximum atomic E-state index is 10.4. The largest absolute Gasteiger partial charge is 0.496 e. The number of nitrogens with zero attached hydrogens (tertiary/aromatic N) is 3. The van der Waals surface area contributed by atoms with E-state index >= 15 is 0 Å². The summed E-state index contributed by atoms with van der Waals surface area (Å²) >= 11 is 0. The fourth-order valence-electron chi connectivity index (χ4n) is 0.907. The quantitative estimate of drug-likeness (QED) is 0.307. The zero-order valence-electron chi connectivity index (χ0n) is 6.97. The minimum absolute atomic E-state index is 0.314. The summed E-state index contributed by atoms with van der Waals surface area (Å²) in [5.74, 6) is 0.448. The number of rotatable bonds is 3. The molecule has 5 nitrogen and oxygen atoms in total. The van der Waals surface area contributed by atoms with E-state index in [2.05, 4.69) is 10.0 Å². The first kappa shape index (κ1) is 9.09. The molecule has 66 valence electrons. The number of hydrogen-bond donors (Lipinski definition) is 0. The second-order valence-corrected chi connectivity index (χ2v) is 2.24. The highest BCUT2D eigenvalue weighted by Gasteiger charge is 2.00. The summed E-state index contributed by atoms with van der Waals surface area (Å²) < 4.78 is 4.92. The third-order valence-electron chi connectivity index (χ3n) is 1.49. The van der Waals surface area contributed by atoms with E-state index in [9.17, 15) is 4.79 Å². The zero-order valence-corrected chi connectivity index (χ0v) is 6.97. The van der Waals surface area contributed by atoms with Crippen molar-refractivity contribution < 1.29 is 9.53 Å². The molecule has 0 aliphatic heterocycles. The summed E-state index contributed by atoms with van der Waals surface area (Å²) in [6.07, 6.45) is 0.676. The van der Waals surface area contributed by atoms with E-state index < -0.39 is 0 Å². The number of aldehydes is 1. The van der Waals surface area contributed by atoms with Gasteiger partial charge in [0.05, 0.1) is 12.8 Å². The second-order valence-electron chi connectivity index (χ2n) is 2.24. The molecular weight excluding hydrogens is 170 g/mol. The summed E-state index contributed by atoms with van der Waals surface area (Å²) in [7, 11) is 1.46. The Labute approximate surface area is 74.6 Å². The number of methoxy groups -OCH3 is 1. The molecule has 0 unspecified atom stereocenters. The Balaban J connectivity index is 3.24. The molecule has 1 aromatic carbocycles. The van der Waals surface area contributed by atoms with Gasteiger partial charge in [-0.2, -0.15) is 0 Å². The zero-order chi connectivity index (χ0) is 9.68. The van der Waals surface area contributed by atoms with Gasteiger partial charge in [0.25, 0.3) is 0 Å². The average Bonchev–Trinajstić information content (AvgIpc) is 2.18. The van der Waals surface area contributed by atoms with Crippen molar-refractivity contribution in [1.82, 2.24) is 0 Å². The lowest BCUT2D eigenvalue weighted by Gasteiger charge is -2.02. The van der Waals surface area contributed by atoms with Crippen LogP contribution in [0.3, 0.4) is 0 Å². The van der Waals surface area contributed by atoms with Gasteiger partial charge in [0.1, 0.15) is 12.0 Å². The smallest absolute Gasteiger partial charge is 0.150 e. The molecule has 0 amide bonds. The lowest BCUT2D eigenvalue weighted by Crippen LogP contribution is -1.85. The maximum absolute atomic E-state index is 10.4. The molecule has 5 heteroatoms. The van der Waals surface area contributed by atoms with Crippen molar-refractivity contribution in [2.75, 3.05) is 7.11 Å². The molecule has 0 bridgehead atoms. The number of benzene rings is 1. The van der Waals surface area contributed by atoms with Crippen molar-refractivity contribution >= 4 is 12.0 Å². The van der Waals surface area contributed by atoms with Crippen LogP contribution in [-0.2, 0) is 0 Å². The van der Waals surface area contributed by atoms with Gasteiger partial charge in [-0.25, -0.2) is 0 Å². The maximum Gasteiger partial charge on any atom is 0.150 e. The molecular formula is C8H7N3O2. The van der Waals surface area contributed by atoms with Crippen molar-refractivity contribution in [2.45, 2.75) is 0 Å². The van der Waals surface area contributed by atoms with Crippen LogP contribution in [0.5, 0.6) is 5.75 Å². The van der Waals surface area contributed by atoms with E-state index in [0.29, 0.717) is 23.3 Å². The van der Waals surface area contributed by atoms with Crippen LogP contribution >= 0.6 is 0 Å². The van der Waals surface area contributed by atoms with Gasteiger partial charge in [0.15, 0.2) is 0 Å². The molecule has 0 radical (unpaired) electrons. The second kappa shape index (κ2) is 4.13. The fourth-order valence-corrected chi connectivity index (χ4v) is 0.907. The van der Waals surface area contributed by atoms with E-state index in [-0.39, 0.29) is 0 Å². The molecule has 0 spiro atoms. The summed E-state index contributed by atoms with van der Waals surface area (Å²) in [5.41, 5.74) is 8.98. The Kier molecular flexibility index (Phi) is 2.89. The molecule has 1 rings (SSSR count). The SMILES string of the molecule is COc1ccc(C=O)cc1N=[N+]=[N-]. The van der Waals surface area contributed by atoms with Crippen LogP contribution in [0.4, 0.5) is 5.69 Å². The normalized spacial score (nSPS) is 8.69. The Morgan fingerprint density at radius 2 is 2.38 bits per heavy atom. The van der Waals surface area contributed by atoms with Gasteiger partial charge in [0, 0.05) is 10.5 Å². The first-order chi connectivity index (χ1) is 6.31. The number of hydrogen-bond acceptors (Lipinski definition) is 3. The van der Waals surface area contributed by atoms with Crippen LogP contribution in [-0.4, -0.2) is 13.4 Å². The molecule has 0 heterocycles. The predicted molar refractivity (Wildman–Crippen MR) is 47.2 cm³/mol. The van der Waals surface area contributed by atoms with Gasteiger partial charge in [-0.15, -0.1) is 0 Å². The molecule has 0 fully saturated rings. The van der Waals surface area contributed by atoms with E-state index in [0.717, 1.165) is 0 Å². The molecule has 0 aliphatic carbocycles. The van der Waals surface area contributed by atoms with E-state index in [1.54, 1.807) is 12.1 Å². The van der Waals surface area contributed by atoms with Gasteiger partial charge >= 0.3 is 0 Å². The van der Waals surface area contributed by atoms with Gasteiger partial charge in [0.2, 0.25) is 0 Å². The molecule has 0 atom stereocenters. The number of ether oxygens (including phenoxy) is 1. The third kappa shape index (κ3) is 1.98. The lowest BCUT2D eigenvalue weighted by molar-refractivity contribution is 0.112. The fraction of sp³-hybridized carbons (Fsp3) is 0.125. The first-order valence-electron chi connectivity index (χ1n) is 3.50. The van der Waals surface area contributed by atoms with Crippen LogP contribution in [0.1, 0.15) is 10.4 Å². The predicted octanol–water partition coefficient (Wildman–Crippen LogP) is 2.45. The summed E-state index contributed by atoms with van der Waals surface area (Å²) in [6.45, 7) is 0. The minimum Gasteiger partial charge on any atom is -0.496 e. The first-order valence-corrected chi connectivity index (χ1v) is 3.50. The van der Waals surface area contributed by atoms with Crippen LogP contribution in [0.25, 0.3) is 10.4 Å². The van der Waals surface area contributed by atoms with Crippen molar-refractivity contribution in [3.8, 4) is 5.75 Å². The Morgan fingerprint density at radius 3 is 2.92 bits per heavy atom. The molecule has 0 aliphatic rings. The van der Waals surface area contributed by atoms with Crippen LogP contribution < -0.4 is 4.74 Å². The van der Waals surface area contributed by atoms with Crippen molar-refractivity contribution in [1.29, 1.82) is 0 Å². The monoisotopic (exact) mass is 177 g/mol. The summed E-state index contributed by atoms with van der Waals surface area (Å²) in [4.78, 5) is 13.0. The summed E-state index contributed by atoms with van der Waals surface area (Å²) in [6, 6.07) is 4.63. The van der Waals surface area contributed by atoms with E-state index in [1.807, 2.05) is 0 Å². The minimum atomic E-state index is 0.314. The Morgan fingerprint density at radius 1 is 1.62 bits per heavy atom. The van der Waals surface area contributed by atoms with Gasteiger partial charge in [-0.05, 0) is 23.7 Å². The number of carbonyl (C=O) groups is 1. The van der Waals surface area contributed by atoms with Crippen LogP contribution in [0.2, 0.25) is 0 Å². The lowest BCUT2D eigenvalue weighted by atomic mass is 10.2. The summed E-state index contributed by atoms with van der Waals surface area (Å²) in [5, 5.41) is 3.38. The van der Waals surface area contributed by atoms with E-state index in [1.165, 1.54) is 13.2 Å². The molecule has 1 aromatic rings. The van der Waals surface area contributed by atoms with Gasteiger partial charge in [-0.1, -0.05) is 5.11 Å². The van der Waals surface area contributed by atoms with Gasteiger partial charge in [-0.3, -0.25) is 4.79 Å². The number of carbonyl (C=O) groups excluding carboxylic acids is 1. The Hall–Kier alpha value is -2.00. The molecule has 0 saturated heterocycles.